The van der Waals surface area contributed by atoms with Crippen LogP contribution < -0.4 is 5.32 Å². The van der Waals surface area contributed by atoms with Crippen LogP contribution in [-0.4, -0.2) is 57.0 Å². The monoisotopic (exact) mass is 286 g/mol. The van der Waals surface area contributed by atoms with Gasteiger partial charge in [-0.1, -0.05) is 0 Å². The van der Waals surface area contributed by atoms with Gasteiger partial charge in [-0.05, 0) is 50.5 Å². The third-order valence-electron chi connectivity index (χ3n) is 4.72. The Kier molecular flexibility index (Phi) is 4.15. The minimum absolute atomic E-state index is 0.349. The molecule has 3 rings (SSSR count). The van der Waals surface area contributed by atoms with Gasteiger partial charge in [0.15, 0.2) is 9.84 Å². The summed E-state index contributed by atoms with van der Waals surface area (Å²) in [5, 5.41) is 3.74. The predicted octanol–water partition coefficient (Wildman–Crippen LogP) is 0.885. The molecular formula is C14H26N2O2S. The van der Waals surface area contributed by atoms with Crippen molar-refractivity contribution in [3.8, 4) is 0 Å². The van der Waals surface area contributed by atoms with Crippen LogP contribution in [0.5, 0.6) is 0 Å². The van der Waals surface area contributed by atoms with Crippen molar-refractivity contribution in [3.05, 3.63) is 0 Å². The van der Waals surface area contributed by atoms with E-state index in [-0.39, 0.29) is 0 Å². The first-order valence-corrected chi connectivity index (χ1v) is 9.62. The average molecular weight is 286 g/mol. The van der Waals surface area contributed by atoms with E-state index in [0.717, 1.165) is 50.5 Å². The maximum absolute atomic E-state index is 11.6. The summed E-state index contributed by atoms with van der Waals surface area (Å²) in [7, 11) is -2.76. The van der Waals surface area contributed by atoms with Crippen LogP contribution in [0, 0.1) is 11.8 Å². The van der Waals surface area contributed by atoms with Gasteiger partial charge in [0, 0.05) is 25.7 Å². The molecule has 0 atom stereocenters. The molecule has 1 aliphatic heterocycles. The smallest absolute Gasteiger partial charge is 0.151 e. The minimum atomic E-state index is -2.76. The molecule has 1 N–H and O–H groups in total. The third kappa shape index (κ3) is 4.17. The first kappa shape index (κ1) is 13.8. The zero-order valence-corrected chi connectivity index (χ0v) is 12.5. The standard InChI is InChI=1S/C14H26N2O2S/c17-19(18)10-1-7-16(9-11-19)8-6-15-14(12-2-3-12)13-4-5-13/h12-15H,1-11H2. The highest BCUT2D eigenvalue weighted by atomic mass is 32.2. The second-order valence-electron chi connectivity index (χ2n) is 6.50. The van der Waals surface area contributed by atoms with Crippen LogP contribution in [0.4, 0.5) is 0 Å². The van der Waals surface area contributed by atoms with Gasteiger partial charge in [-0.25, -0.2) is 8.42 Å². The Morgan fingerprint density at radius 1 is 1.05 bits per heavy atom. The quantitative estimate of drug-likeness (QED) is 0.788. The van der Waals surface area contributed by atoms with Gasteiger partial charge >= 0.3 is 0 Å². The first-order valence-electron chi connectivity index (χ1n) is 7.80. The van der Waals surface area contributed by atoms with E-state index >= 15 is 0 Å². The number of nitrogens with zero attached hydrogens (tertiary/aromatic N) is 1. The highest BCUT2D eigenvalue weighted by Gasteiger charge is 2.40. The normalized spacial score (nSPS) is 28.5. The maximum Gasteiger partial charge on any atom is 0.151 e. The molecule has 0 spiro atoms. The second kappa shape index (κ2) is 5.70. The second-order valence-corrected chi connectivity index (χ2v) is 8.81. The Hall–Kier alpha value is -0.130. The van der Waals surface area contributed by atoms with Gasteiger partial charge in [-0.15, -0.1) is 0 Å². The van der Waals surface area contributed by atoms with Crippen molar-refractivity contribution in [1.82, 2.24) is 10.2 Å². The van der Waals surface area contributed by atoms with Crippen LogP contribution in [0.25, 0.3) is 0 Å². The van der Waals surface area contributed by atoms with Gasteiger partial charge in [-0.3, -0.25) is 0 Å². The lowest BCUT2D eigenvalue weighted by Crippen LogP contribution is -2.40. The molecule has 3 fully saturated rings. The minimum Gasteiger partial charge on any atom is -0.312 e. The van der Waals surface area contributed by atoms with Crippen molar-refractivity contribution in [1.29, 1.82) is 0 Å². The van der Waals surface area contributed by atoms with Gasteiger partial charge in [0.1, 0.15) is 0 Å². The Morgan fingerprint density at radius 3 is 2.37 bits per heavy atom. The zero-order chi connectivity index (χ0) is 13.3. The highest BCUT2D eigenvalue weighted by Crippen LogP contribution is 2.44. The highest BCUT2D eigenvalue weighted by molar-refractivity contribution is 7.91. The Morgan fingerprint density at radius 2 is 1.74 bits per heavy atom. The molecule has 0 amide bonds. The summed E-state index contributed by atoms with van der Waals surface area (Å²) in [6.45, 7) is 3.70. The molecule has 2 saturated carbocycles. The van der Waals surface area contributed by atoms with Crippen LogP contribution in [0.1, 0.15) is 32.1 Å². The fourth-order valence-corrected chi connectivity index (χ4v) is 4.54. The summed E-state index contributed by atoms with van der Waals surface area (Å²) >= 11 is 0. The molecule has 0 radical (unpaired) electrons. The number of hydrogen-bond acceptors (Lipinski definition) is 4. The van der Waals surface area contributed by atoms with E-state index in [2.05, 4.69) is 10.2 Å². The van der Waals surface area contributed by atoms with Gasteiger partial charge in [0.25, 0.3) is 0 Å². The lowest BCUT2D eigenvalue weighted by atomic mass is 10.1. The molecule has 1 saturated heterocycles. The van der Waals surface area contributed by atoms with Crippen LogP contribution in [-0.2, 0) is 9.84 Å². The fourth-order valence-electron chi connectivity index (χ4n) is 3.23. The van der Waals surface area contributed by atoms with E-state index in [9.17, 15) is 8.42 Å². The summed E-state index contributed by atoms with van der Waals surface area (Å²) in [5.74, 6) is 2.61. The number of rotatable bonds is 6. The molecular weight excluding hydrogens is 260 g/mol. The van der Waals surface area contributed by atoms with Gasteiger partial charge in [0.2, 0.25) is 0 Å². The predicted molar refractivity (Wildman–Crippen MR) is 76.9 cm³/mol. The van der Waals surface area contributed by atoms with Gasteiger partial charge in [-0.2, -0.15) is 0 Å². The maximum atomic E-state index is 11.6. The van der Waals surface area contributed by atoms with Crippen LogP contribution in [0.15, 0.2) is 0 Å². The van der Waals surface area contributed by atoms with E-state index in [1.54, 1.807) is 0 Å². The lowest BCUT2D eigenvalue weighted by molar-refractivity contribution is 0.281. The summed E-state index contributed by atoms with van der Waals surface area (Å²) in [4.78, 5) is 2.31. The Balaban J connectivity index is 1.39. The summed E-state index contributed by atoms with van der Waals surface area (Å²) in [6.07, 6.45) is 6.45. The van der Waals surface area contributed by atoms with Gasteiger partial charge < -0.3 is 10.2 Å². The molecule has 1 heterocycles. The van der Waals surface area contributed by atoms with Crippen molar-refractivity contribution >= 4 is 9.84 Å². The van der Waals surface area contributed by atoms with E-state index in [1.807, 2.05) is 0 Å². The molecule has 0 bridgehead atoms. The van der Waals surface area contributed by atoms with E-state index in [1.165, 1.54) is 25.7 Å². The molecule has 110 valence electrons. The average Bonchev–Trinajstić information content (AvgIpc) is 3.21. The van der Waals surface area contributed by atoms with Gasteiger partial charge in [0.05, 0.1) is 11.5 Å². The number of sulfone groups is 1. The SMILES string of the molecule is O=S1(=O)CCCN(CCNC(C2CC2)C2CC2)CC1. The lowest BCUT2D eigenvalue weighted by Gasteiger charge is -2.22. The van der Waals surface area contributed by atoms with Crippen molar-refractivity contribution in [3.63, 3.8) is 0 Å². The summed E-state index contributed by atoms with van der Waals surface area (Å²) in [5.41, 5.74) is 0. The molecule has 0 unspecified atom stereocenters. The Labute approximate surface area is 116 Å². The molecule has 0 aromatic heterocycles. The Bertz CT molecular complexity index is 390. The topological polar surface area (TPSA) is 49.4 Å². The molecule has 5 heteroatoms. The van der Waals surface area contributed by atoms with Crippen LogP contribution in [0.2, 0.25) is 0 Å². The summed E-state index contributed by atoms with van der Waals surface area (Å²) in [6, 6.07) is 0.760. The van der Waals surface area contributed by atoms with Crippen molar-refractivity contribution < 1.29 is 8.42 Å². The molecule has 3 aliphatic rings. The van der Waals surface area contributed by atoms with E-state index in [0.29, 0.717) is 11.5 Å². The van der Waals surface area contributed by atoms with Crippen LogP contribution >= 0.6 is 0 Å². The molecule has 4 nitrogen and oxygen atoms in total. The van der Waals surface area contributed by atoms with E-state index < -0.39 is 9.84 Å². The van der Waals surface area contributed by atoms with Crippen molar-refractivity contribution in [2.24, 2.45) is 11.8 Å². The number of nitrogens with one attached hydrogen (secondary N) is 1. The fraction of sp³-hybridized carbons (Fsp3) is 1.00. The third-order valence-corrected chi connectivity index (χ3v) is 6.43. The zero-order valence-electron chi connectivity index (χ0n) is 11.7. The largest absolute Gasteiger partial charge is 0.312 e. The number of hydrogen-bond donors (Lipinski definition) is 1. The first-order chi connectivity index (χ1) is 9.14. The molecule has 19 heavy (non-hydrogen) atoms. The molecule has 0 aromatic rings. The van der Waals surface area contributed by atoms with E-state index in [4.69, 9.17) is 0 Å². The molecule has 0 aromatic carbocycles. The van der Waals surface area contributed by atoms with Crippen LogP contribution in [0.3, 0.4) is 0 Å². The van der Waals surface area contributed by atoms with Crippen molar-refractivity contribution in [2.75, 3.05) is 37.7 Å². The van der Waals surface area contributed by atoms with Crippen molar-refractivity contribution in [2.45, 2.75) is 38.1 Å². The molecule has 2 aliphatic carbocycles. The summed E-state index contributed by atoms with van der Waals surface area (Å²) < 4.78 is 23.1.